The number of anilines is 1. The molecule has 0 aromatic carbocycles. The summed E-state index contributed by atoms with van der Waals surface area (Å²) in [5, 5.41) is 1.89. The fraction of sp³-hybridized carbons (Fsp3) is 0.412. The molecule has 4 rings (SSSR count). The van der Waals surface area contributed by atoms with Gasteiger partial charge in [-0.2, -0.15) is 26.3 Å². The number of nitrogens with one attached hydrogen (secondary N) is 1. The van der Waals surface area contributed by atoms with E-state index in [2.05, 4.69) is 9.82 Å². The summed E-state index contributed by atoms with van der Waals surface area (Å²) in [6.07, 6.45) is -8.13. The highest BCUT2D eigenvalue weighted by atomic mass is 19.4. The Kier molecular flexibility index (Phi) is 4.74. The van der Waals surface area contributed by atoms with Gasteiger partial charge in [-0.3, -0.25) is 14.5 Å². The molecule has 2 aliphatic rings. The van der Waals surface area contributed by atoms with E-state index in [-0.39, 0.29) is 42.3 Å². The van der Waals surface area contributed by atoms with Crippen LogP contribution in [0.15, 0.2) is 24.7 Å². The summed E-state index contributed by atoms with van der Waals surface area (Å²) in [6.45, 7) is -0.259. The number of hydrogen-bond acceptors (Lipinski definition) is 6. The molecule has 32 heavy (non-hydrogen) atoms. The normalized spacial score (nSPS) is 19.1. The van der Waals surface area contributed by atoms with E-state index in [9.17, 15) is 40.7 Å². The number of aromatic nitrogens is 2. The van der Waals surface area contributed by atoms with Crippen molar-refractivity contribution in [2.75, 3.05) is 18.0 Å². The van der Waals surface area contributed by atoms with E-state index in [1.807, 2.05) is 5.32 Å². The van der Waals surface area contributed by atoms with Gasteiger partial charge in [0.15, 0.2) is 5.54 Å². The smallest absolute Gasteiger partial charge is 0.357 e. The molecule has 0 unspecified atom stereocenters. The largest absolute Gasteiger partial charge is 0.493 e. The number of hydroxylamine groups is 2. The number of halogens is 6. The Morgan fingerprint density at radius 1 is 1.09 bits per heavy atom. The summed E-state index contributed by atoms with van der Waals surface area (Å²) in [6, 6.07) is 0.453. The number of rotatable bonds is 2. The highest BCUT2D eigenvalue weighted by Crippen LogP contribution is 2.38. The van der Waals surface area contributed by atoms with Gasteiger partial charge < -0.3 is 9.74 Å². The van der Waals surface area contributed by atoms with Gasteiger partial charge >= 0.3 is 24.4 Å². The Hall–Kier alpha value is -3.52. The van der Waals surface area contributed by atoms with Gasteiger partial charge in [-0.15, -0.1) is 5.06 Å². The maximum atomic E-state index is 13.3. The Morgan fingerprint density at radius 3 is 2.34 bits per heavy atom. The molecule has 1 spiro atoms. The monoisotopic (exact) mass is 465 g/mol. The molecule has 2 aromatic heterocycles. The number of pyridine rings is 1. The van der Waals surface area contributed by atoms with E-state index < -0.39 is 41.4 Å². The lowest BCUT2D eigenvalue weighted by molar-refractivity contribution is -0.239. The van der Waals surface area contributed by atoms with Crippen LogP contribution in [0.3, 0.4) is 0 Å². The number of imide groups is 1. The highest BCUT2D eigenvalue weighted by molar-refractivity contribution is 6.07. The van der Waals surface area contributed by atoms with Crippen LogP contribution < -0.4 is 10.2 Å². The lowest BCUT2D eigenvalue weighted by Gasteiger charge is -2.41. The number of carbonyl (C=O) groups excluding carboxylic acids is 3. The number of urea groups is 1. The van der Waals surface area contributed by atoms with Crippen molar-refractivity contribution in [3.8, 4) is 0 Å². The molecular formula is C17H13F6N5O4. The molecule has 3 amide bonds. The van der Waals surface area contributed by atoms with Crippen molar-refractivity contribution in [2.24, 2.45) is 0 Å². The van der Waals surface area contributed by atoms with Crippen molar-refractivity contribution in [1.29, 1.82) is 0 Å². The van der Waals surface area contributed by atoms with E-state index in [0.717, 1.165) is 12.1 Å². The average Bonchev–Trinajstić information content (AvgIpc) is 3.25. The summed E-state index contributed by atoms with van der Waals surface area (Å²) in [5.41, 5.74) is -2.69. The fourth-order valence-corrected chi connectivity index (χ4v) is 3.77. The molecule has 2 aliphatic heterocycles. The van der Waals surface area contributed by atoms with Crippen molar-refractivity contribution < 1.29 is 45.6 Å². The molecule has 2 fully saturated rings. The standard InChI is InChI=1S/C17H13F6N5O4/c18-16(19,20)9-5-10-7-24-8-27(10)11(6-9)26-3-1-15(2-4-26)12(29)25-14(31)28(15)32-13(30)17(21,22)23/h5-8H,1-4H2,(H,25,29,31). The number of piperidine rings is 1. The average molecular weight is 465 g/mol. The Morgan fingerprint density at radius 2 is 1.75 bits per heavy atom. The second kappa shape index (κ2) is 7.00. The molecule has 15 heteroatoms. The zero-order valence-electron chi connectivity index (χ0n) is 15.8. The van der Waals surface area contributed by atoms with Crippen LogP contribution in [0, 0.1) is 0 Å². The van der Waals surface area contributed by atoms with Gasteiger partial charge in [0, 0.05) is 25.9 Å². The van der Waals surface area contributed by atoms with Crippen LogP contribution in [0.5, 0.6) is 0 Å². The number of amides is 3. The summed E-state index contributed by atoms with van der Waals surface area (Å²) < 4.78 is 79.0. The van der Waals surface area contributed by atoms with E-state index in [1.54, 1.807) is 0 Å². The molecule has 2 saturated heterocycles. The second-order valence-corrected chi connectivity index (χ2v) is 7.24. The van der Waals surface area contributed by atoms with Crippen LogP contribution in [-0.4, -0.2) is 57.2 Å². The minimum absolute atomic E-state index is 0.0709. The molecule has 0 radical (unpaired) electrons. The topological polar surface area (TPSA) is 96.2 Å². The van der Waals surface area contributed by atoms with Gasteiger partial charge in [-0.05, 0) is 12.1 Å². The first-order valence-electron chi connectivity index (χ1n) is 9.06. The van der Waals surface area contributed by atoms with Crippen LogP contribution >= 0.6 is 0 Å². The van der Waals surface area contributed by atoms with E-state index in [4.69, 9.17) is 0 Å². The van der Waals surface area contributed by atoms with Crippen molar-refractivity contribution in [3.63, 3.8) is 0 Å². The first-order valence-corrected chi connectivity index (χ1v) is 9.06. The van der Waals surface area contributed by atoms with Crippen molar-refractivity contribution in [2.45, 2.75) is 30.7 Å². The fourth-order valence-electron chi connectivity index (χ4n) is 3.77. The summed E-state index contributed by atoms with van der Waals surface area (Å²) >= 11 is 0. The summed E-state index contributed by atoms with van der Waals surface area (Å²) in [5.74, 6) is -3.55. The van der Waals surface area contributed by atoms with Crippen LogP contribution in [0.4, 0.5) is 37.0 Å². The molecule has 0 saturated carbocycles. The summed E-state index contributed by atoms with van der Waals surface area (Å²) in [4.78, 5) is 45.0. The van der Waals surface area contributed by atoms with E-state index >= 15 is 0 Å². The molecule has 0 bridgehead atoms. The summed E-state index contributed by atoms with van der Waals surface area (Å²) in [7, 11) is 0. The number of hydrogen-bond donors (Lipinski definition) is 1. The van der Waals surface area contributed by atoms with Gasteiger partial charge in [0.2, 0.25) is 0 Å². The Balaban J connectivity index is 1.62. The first kappa shape index (κ1) is 21.7. The third kappa shape index (κ3) is 3.46. The van der Waals surface area contributed by atoms with Crippen LogP contribution in [0.25, 0.3) is 5.52 Å². The molecule has 9 nitrogen and oxygen atoms in total. The van der Waals surface area contributed by atoms with Gasteiger partial charge in [-0.1, -0.05) is 0 Å². The maximum absolute atomic E-state index is 13.3. The molecule has 4 heterocycles. The molecule has 1 N–H and O–H groups in total. The molecular weight excluding hydrogens is 452 g/mol. The predicted molar refractivity (Wildman–Crippen MR) is 91.9 cm³/mol. The van der Waals surface area contributed by atoms with Crippen molar-refractivity contribution in [1.82, 2.24) is 19.8 Å². The van der Waals surface area contributed by atoms with Crippen LogP contribution in [-0.2, 0) is 20.6 Å². The van der Waals surface area contributed by atoms with E-state index in [0.29, 0.717) is 0 Å². The third-order valence-corrected chi connectivity index (χ3v) is 5.37. The zero-order chi connectivity index (χ0) is 23.5. The molecule has 172 valence electrons. The molecule has 0 atom stereocenters. The minimum Gasteiger partial charge on any atom is -0.357 e. The Bertz CT molecular complexity index is 1100. The van der Waals surface area contributed by atoms with Crippen LogP contribution in [0.2, 0.25) is 0 Å². The quantitative estimate of drug-likeness (QED) is 0.540. The number of imidazole rings is 1. The number of nitrogens with zero attached hydrogens (tertiary/aromatic N) is 4. The molecule has 2 aromatic rings. The van der Waals surface area contributed by atoms with Gasteiger partial charge in [-0.25, -0.2) is 14.6 Å². The minimum atomic E-state index is -5.40. The maximum Gasteiger partial charge on any atom is 0.493 e. The van der Waals surface area contributed by atoms with Gasteiger partial charge in [0.1, 0.15) is 12.1 Å². The van der Waals surface area contributed by atoms with Crippen molar-refractivity contribution >= 4 is 29.2 Å². The van der Waals surface area contributed by atoms with Gasteiger partial charge in [0.25, 0.3) is 5.91 Å². The SMILES string of the molecule is O=C1NC(=O)C2(CCN(c3cc(C(F)(F)F)cc4cncn34)CC2)N1OC(=O)C(F)(F)F. The number of carbonyl (C=O) groups is 3. The van der Waals surface area contributed by atoms with E-state index in [1.165, 1.54) is 21.8 Å². The van der Waals surface area contributed by atoms with Crippen LogP contribution in [0.1, 0.15) is 18.4 Å². The number of alkyl halides is 6. The second-order valence-electron chi connectivity index (χ2n) is 7.24. The number of fused-ring (bicyclic) bond motifs is 1. The third-order valence-electron chi connectivity index (χ3n) is 5.37. The first-order chi connectivity index (χ1) is 14.8. The predicted octanol–water partition coefficient (Wildman–Crippen LogP) is 2.26. The Labute approximate surface area is 174 Å². The van der Waals surface area contributed by atoms with Gasteiger partial charge in [0.05, 0.1) is 17.3 Å². The van der Waals surface area contributed by atoms with Crippen molar-refractivity contribution in [3.05, 3.63) is 30.2 Å². The highest BCUT2D eigenvalue weighted by Gasteiger charge is 2.58. The molecule has 0 aliphatic carbocycles. The lowest BCUT2D eigenvalue weighted by Crippen LogP contribution is -2.57. The lowest BCUT2D eigenvalue weighted by atomic mass is 9.87. The zero-order valence-corrected chi connectivity index (χ0v) is 15.8.